The molecular formula is C19H22N6O2S. The molecule has 0 saturated carbocycles. The van der Waals surface area contributed by atoms with E-state index < -0.39 is 10.0 Å². The summed E-state index contributed by atoms with van der Waals surface area (Å²) in [4.78, 5) is 11.1. The van der Waals surface area contributed by atoms with Crippen LogP contribution in [0.4, 0.5) is 5.95 Å². The number of rotatable bonds is 5. The van der Waals surface area contributed by atoms with E-state index in [1.165, 1.54) is 4.31 Å². The smallest absolute Gasteiger partial charge is 0.225 e. The Hall–Kier alpha value is -2.78. The SMILES string of the molecule is CCS(=O)(=O)N1CCN(c2nccc(-c3cnn(-c4ccccc4)c3)n2)CC1. The minimum atomic E-state index is -3.15. The predicted molar refractivity (Wildman–Crippen MR) is 108 cm³/mol. The number of nitrogens with zero attached hydrogens (tertiary/aromatic N) is 6. The van der Waals surface area contributed by atoms with Crippen molar-refractivity contribution < 1.29 is 8.42 Å². The number of aromatic nitrogens is 4. The second-order valence-corrected chi connectivity index (χ2v) is 8.80. The van der Waals surface area contributed by atoms with Gasteiger partial charge in [-0.2, -0.15) is 9.40 Å². The van der Waals surface area contributed by atoms with Crippen molar-refractivity contribution in [2.75, 3.05) is 36.8 Å². The lowest BCUT2D eigenvalue weighted by molar-refractivity contribution is 0.383. The van der Waals surface area contributed by atoms with Crippen LogP contribution in [-0.2, 0) is 10.0 Å². The summed E-state index contributed by atoms with van der Waals surface area (Å²) in [6.07, 6.45) is 5.45. The maximum Gasteiger partial charge on any atom is 0.225 e. The van der Waals surface area contributed by atoms with E-state index in [2.05, 4.69) is 15.1 Å². The van der Waals surface area contributed by atoms with Gasteiger partial charge in [-0.05, 0) is 25.1 Å². The number of sulfonamides is 1. The lowest BCUT2D eigenvalue weighted by Gasteiger charge is -2.33. The molecule has 0 atom stereocenters. The quantitative estimate of drug-likeness (QED) is 0.652. The second-order valence-electron chi connectivity index (χ2n) is 6.54. The minimum Gasteiger partial charge on any atom is -0.338 e. The van der Waals surface area contributed by atoms with Crippen molar-refractivity contribution in [3.8, 4) is 16.9 Å². The first kappa shape index (κ1) is 18.6. The molecular weight excluding hydrogens is 376 g/mol. The molecule has 4 rings (SSSR count). The van der Waals surface area contributed by atoms with E-state index in [4.69, 9.17) is 0 Å². The fourth-order valence-electron chi connectivity index (χ4n) is 3.19. The minimum absolute atomic E-state index is 0.129. The highest BCUT2D eigenvalue weighted by atomic mass is 32.2. The zero-order valence-corrected chi connectivity index (χ0v) is 16.5. The summed E-state index contributed by atoms with van der Waals surface area (Å²) >= 11 is 0. The van der Waals surface area contributed by atoms with E-state index in [9.17, 15) is 8.42 Å². The Kier molecular flexibility index (Phi) is 5.10. The first-order valence-electron chi connectivity index (χ1n) is 9.23. The monoisotopic (exact) mass is 398 g/mol. The molecule has 1 aliphatic heterocycles. The van der Waals surface area contributed by atoms with Gasteiger partial charge in [0.05, 0.1) is 23.3 Å². The maximum atomic E-state index is 12.0. The number of hydrogen-bond acceptors (Lipinski definition) is 6. The fourth-order valence-corrected chi connectivity index (χ4v) is 4.27. The Morgan fingerprint density at radius 2 is 1.79 bits per heavy atom. The molecule has 0 N–H and O–H groups in total. The summed E-state index contributed by atoms with van der Waals surface area (Å²) in [5.74, 6) is 0.739. The average molecular weight is 398 g/mol. The summed E-state index contributed by atoms with van der Waals surface area (Å²) in [5.41, 5.74) is 2.67. The molecule has 0 unspecified atom stereocenters. The molecule has 28 heavy (non-hydrogen) atoms. The van der Waals surface area contributed by atoms with Gasteiger partial charge in [0.25, 0.3) is 0 Å². The Morgan fingerprint density at radius 3 is 2.50 bits per heavy atom. The lowest BCUT2D eigenvalue weighted by atomic mass is 10.2. The van der Waals surface area contributed by atoms with Crippen LogP contribution >= 0.6 is 0 Å². The van der Waals surface area contributed by atoms with Crippen LogP contribution in [0.15, 0.2) is 55.0 Å². The molecule has 0 bridgehead atoms. The van der Waals surface area contributed by atoms with Crippen molar-refractivity contribution in [1.29, 1.82) is 0 Å². The van der Waals surface area contributed by atoms with E-state index in [1.54, 1.807) is 19.3 Å². The van der Waals surface area contributed by atoms with Crippen molar-refractivity contribution in [2.24, 2.45) is 0 Å². The Balaban J connectivity index is 1.51. The highest BCUT2D eigenvalue weighted by molar-refractivity contribution is 7.89. The van der Waals surface area contributed by atoms with Crippen molar-refractivity contribution in [3.05, 3.63) is 55.0 Å². The van der Waals surface area contributed by atoms with Gasteiger partial charge in [-0.3, -0.25) is 0 Å². The van der Waals surface area contributed by atoms with Crippen LogP contribution in [0.25, 0.3) is 16.9 Å². The largest absolute Gasteiger partial charge is 0.338 e. The number of anilines is 1. The fraction of sp³-hybridized carbons (Fsp3) is 0.316. The van der Waals surface area contributed by atoms with Gasteiger partial charge in [-0.25, -0.2) is 23.1 Å². The topological polar surface area (TPSA) is 84.2 Å². The number of para-hydroxylation sites is 1. The Labute approximate surface area is 164 Å². The van der Waals surface area contributed by atoms with Crippen LogP contribution < -0.4 is 4.90 Å². The van der Waals surface area contributed by atoms with Crippen LogP contribution in [0.1, 0.15) is 6.92 Å². The van der Waals surface area contributed by atoms with Gasteiger partial charge in [0, 0.05) is 44.1 Å². The molecule has 3 heterocycles. The van der Waals surface area contributed by atoms with E-state index in [-0.39, 0.29) is 5.75 Å². The molecule has 0 amide bonds. The molecule has 1 saturated heterocycles. The Morgan fingerprint density at radius 1 is 1.04 bits per heavy atom. The van der Waals surface area contributed by atoms with E-state index in [0.29, 0.717) is 32.1 Å². The highest BCUT2D eigenvalue weighted by Crippen LogP contribution is 2.21. The summed E-state index contributed by atoms with van der Waals surface area (Å²) in [6, 6.07) is 11.7. The second kappa shape index (κ2) is 7.69. The van der Waals surface area contributed by atoms with Crippen LogP contribution in [0.2, 0.25) is 0 Å². The molecule has 146 valence electrons. The van der Waals surface area contributed by atoms with Crippen LogP contribution in [0, 0.1) is 0 Å². The van der Waals surface area contributed by atoms with Crippen LogP contribution in [-0.4, -0.2) is 64.4 Å². The van der Waals surface area contributed by atoms with Gasteiger partial charge in [-0.15, -0.1) is 0 Å². The van der Waals surface area contributed by atoms with Crippen LogP contribution in [0.3, 0.4) is 0 Å². The van der Waals surface area contributed by atoms with E-state index >= 15 is 0 Å². The third kappa shape index (κ3) is 3.76. The van der Waals surface area contributed by atoms with Crippen molar-refractivity contribution in [2.45, 2.75) is 6.92 Å². The van der Waals surface area contributed by atoms with Gasteiger partial charge >= 0.3 is 0 Å². The Bertz CT molecular complexity index is 1040. The first-order chi connectivity index (χ1) is 13.6. The summed E-state index contributed by atoms with van der Waals surface area (Å²) in [6.45, 7) is 3.73. The molecule has 0 radical (unpaired) electrons. The first-order valence-corrected chi connectivity index (χ1v) is 10.8. The highest BCUT2D eigenvalue weighted by Gasteiger charge is 2.26. The molecule has 1 fully saturated rings. The van der Waals surface area contributed by atoms with Crippen molar-refractivity contribution in [3.63, 3.8) is 0 Å². The third-order valence-corrected chi connectivity index (χ3v) is 6.70. The van der Waals surface area contributed by atoms with Gasteiger partial charge in [0.2, 0.25) is 16.0 Å². The number of hydrogen-bond donors (Lipinski definition) is 0. The summed E-state index contributed by atoms with van der Waals surface area (Å²) in [5, 5.41) is 4.42. The molecule has 1 aromatic carbocycles. The zero-order chi connectivity index (χ0) is 19.6. The molecule has 1 aliphatic rings. The van der Waals surface area contributed by atoms with E-state index in [1.807, 2.05) is 52.2 Å². The van der Waals surface area contributed by atoms with Gasteiger partial charge < -0.3 is 4.90 Å². The zero-order valence-electron chi connectivity index (χ0n) is 15.6. The van der Waals surface area contributed by atoms with Crippen molar-refractivity contribution >= 4 is 16.0 Å². The lowest BCUT2D eigenvalue weighted by Crippen LogP contribution is -2.49. The normalized spacial score (nSPS) is 15.7. The third-order valence-electron chi connectivity index (χ3n) is 4.82. The number of piperazine rings is 1. The molecule has 0 spiro atoms. The van der Waals surface area contributed by atoms with Crippen molar-refractivity contribution in [1.82, 2.24) is 24.1 Å². The molecule has 3 aromatic rings. The van der Waals surface area contributed by atoms with Gasteiger partial charge in [-0.1, -0.05) is 18.2 Å². The predicted octanol–water partition coefficient (Wildman–Crippen LogP) is 1.80. The summed E-state index contributed by atoms with van der Waals surface area (Å²) in [7, 11) is -3.15. The molecule has 2 aromatic heterocycles. The average Bonchev–Trinajstić information content (AvgIpc) is 3.25. The van der Waals surface area contributed by atoms with E-state index in [0.717, 1.165) is 16.9 Å². The maximum absolute atomic E-state index is 12.0. The van der Waals surface area contributed by atoms with Gasteiger partial charge in [0.15, 0.2) is 0 Å². The molecule has 9 heteroatoms. The number of benzene rings is 1. The standard InChI is InChI=1S/C19H22N6O2S/c1-2-28(26,27)24-12-10-23(11-13-24)19-20-9-8-18(22-19)16-14-21-25(15-16)17-6-4-3-5-7-17/h3-9,14-15H,2,10-13H2,1H3. The van der Waals surface area contributed by atoms with Gasteiger partial charge in [0.1, 0.15) is 0 Å². The molecule has 0 aliphatic carbocycles. The molecule has 8 nitrogen and oxygen atoms in total. The van der Waals surface area contributed by atoms with Crippen LogP contribution in [0.5, 0.6) is 0 Å². The summed E-state index contributed by atoms with van der Waals surface area (Å²) < 4.78 is 27.4.